The van der Waals surface area contributed by atoms with E-state index >= 15 is 0 Å². The molecule has 7 rings (SSSR count). The Morgan fingerprint density at radius 1 is 1.00 bits per heavy atom. The Morgan fingerprint density at radius 2 is 1.69 bits per heavy atom. The number of alkyl carbamates (subject to hydrolysis) is 1. The van der Waals surface area contributed by atoms with Crippen LogP contribution in [0.25, 0.3) is 0 Å². The van der Waals surface area contributed by atoms with Gasteiger partial charge in [0.2, 0.25) is 0 Å². The van der Waals surface area contributed by atoms with Crippen LogP contribution in [-0.4, -0.2) is 49.4 Å². The van der Waals surface area contributed by atoms with Crippen LogP contribution in [-0.2, 0) is 17.6 Å². The number of ether oxygens (including phenoxy) is 2. The van der Waals surface area contributed by atoms with Crippen LogP contribution in [0.15, 0.2) is 66.7 Å². The van der Waals surface area contributed by atoms with Crippen LogP contribution in [0.4, 0.5) is 13.6 Å². The van der Waals surface area contributed by atoms with Crippen molar-refractivity contribution in [1.29, 1.82) is 0 Å². The summed E-state index contributed by atoms with van der Waals surface area (Å²) in [4.78, 5) is 13.2. The number of carbonyl (C=O) groups excluding carboxylic acids is 1. The minimum Gasteiger partial charge on any atom is -1.00 e. The molecule has 3 aromatic rings. The lowest BCUT2D eigenvalue weighted by molar-refractivity contribution is -0.943. The van der Waals surface area contributed by atoms with Gasteiger partial charge in [-0.3, -0.25) is 0 Å². The molecule has 4 aliphatic rings. The third kappa shape index (κ3) is 6.12. The van der Waals surface area contributed by atoms with Gasteiger partial charge in [-0.2, -0.15) is 0 Å². The van der Waals surface area contributed by atoms with Gasteiger partial charge < -0.3 is 36.3 Å². The van der Waals surface area contributed by atoms with E-state index in [1.54, 1.807) is 24.3 Å². The van der Waals surface area contributed by atoms with E-state index in [0.717, 1.165) is 68.7 Å². The molecule has 0 radical (unpaired) electrons. The number of nitrogens with one attached hydrogen (secondary N) is 1. The van der Waals surface area contributed by atoms with Gasteiger partial charge in [-0.15, -0.1) is 0 Å². The van der Waals surface area contributed by atoms with E-state index in [4.69, 9.17) is 9.47 Å². The number of carbonyl (C=O) groups is 1. The van der Waals surface area contributed by atoms with E-state index in [1.807, 2.05) is 0 Å². The molecule has 0 aromatic heterocycles. The first-order valence-corrected chi connectivity index (χ1v) is 13.5. The molecule has 0 spiro atoms. The quantitative estimate of drug-likeness (QED) is 0.425. The summed E-state index contributed by atoms with van der Waals surface area (Å²) >= 11 is 0. The second kappa shape index (κ2) is 11.6. The molecule has 1 atom stereocenters. The maximum atomic E-state index is 14.0. The van der Waals surface area contributed by atoms with Crippen LogP contribution in [0.3, 0.4) is 0 Å². The van der Waals surface area contributed by atoms with Crippen LogP contribution in [0.1, 0.15) is 41.2 Å². The number of quaternary nitrogens is 1. The topological polar surface area (TPSA) is 47.6 Å². The SMILES string of the molecule is O=C(N[C@H]1C[N+]2(CCc3ccc4c(c3)CCO4)CCC1CC2)OC(c1cccc(F)c1)c1cccc(F)c1.[Br-]. The van der Waals surface area contributed by atoms with E-state index in [-0.39, 0.29) is 23.0 Å². The molecule has 3 aromatic carbocycles. The molecular weight excluding hydrogens is 566 g/mol. The van der Waals surface area contributed by atoms with Crippen molar-refractivity contribution in [2.75, 3.05) is 32.8 Å². The van der Waals surface area contributed by atoms with Gasteiger partial charge in [-0.1, -0.05) is 36.4 Å². The summed E-state index contributed by atoms with van der Waals surface area (Å²) in [7, 11) is 0. The Kier molecular flexibility index (Phi) is 8.24. The molecule has 0 aliphatic carbocycles. The maximum Gasteiger partial charge on any atom is 0.408 e. The van der Waals surface area contributed by atoms with Gasteiger partial charge in [0.1, 0.15) is 17.4 Å². The fraction of sp³-hybridized carbons (Fsp3) is 0.387. The normalized spacial score (nSPS) is 23.1. The first-order chi connectivity index (χ1) is 18.5. The zero-order valence-electron chi connectivity index (χ0n) is 21.8. The van der Waals surface area contributed by atoms with Crippen molar-refractivity contribution in [3.63, 3.8) is 0 Å². The summed E-state index contributed by atoms with van der Waals surface area (Å²) in [6.45, 7) is 4.93. The van der Waals surface area contributed by atoms with E-state index < -0.39 is 23.8 Å². The van der Waals surface area contributed by atoms with Gasteiger partial charge in [0.15, 0.2) is 6.10 Å². The zero-order chi connectivity index (χ0) is 26.1. The molecular formula is C31H33BrF2N2O3. The Labute approximate surface area is 238 Å². The lowest BCUT2D eigenvalue weighted by Crippen LogP contribution is -3.00. The molecule has 5 nitrogen and oxygen atoms in total. The predicted molar refractivity (Wildman–Crippen MR) is 140 cm³/mol. The van der Waals surface area contributed by atoms with Gasteiger partial charge in [0, 0.05) is 25.7 Å². The summed E-state index contributed by atoms with van der Waals surface area (Å²) in [5, 5.41) is 3.13. The average molecular weight is 600 g/mol. The minimum atomic E-state index is -0.908. The van der Waals surface area contributed by atoms with Crippen molar-refractivity contribution in [2.45, 2.75) is 37.8 Å². The maximum absolute atomic E-state index is 14.0. The summed E-state index contributed by atoms with van der Waals surface area (Å²) in [6.07, 6.45) is 2.65. The molecule has 0 saturated carbocycles. The molecule has 3 fully saturated rings. The van der Waals surface area contributed by atoms with Crippen LogP contribution < -0.4 is 27.0 Å². The van der Waals surface area contributed by atoms with Crippen molar-refractivity contribution in [3.05, 3.63) is 101 Å². The Hall–Kier alpha value is -2.97. The highest BCUT2D eigenvalue weighted by Gasteiger charge is 2.46. The van der Waals surface area contributed by atoms with E-state index in [0.29, 0.717) is 17.0 Å². The van der Waals surface area contributed by atoms with Crippen LogP contribution in [0, 0.1) is 17.6 Å². The van der Waals surface area contributed by atoms with Crippen molar-refractivity contribution in [3.8, 4) is 5.75 Å². The molecule has 1 N–H and O–H groups in total. The van der Waals surface area contributed by atoms with E-state index in [1.165, 1.54) is 35.4 Å². The Bertz CT molecular complexity index is 1280. The van der Waals surface area contributed by atoms with Crippen molar-refractivity contribution in [2.24, 2.45) is 5.92 Å². The van der Waals surface area contributed by atoms with Crippen molar-refractivity contribution >= 4 is 6.09 Å². The molecule has 0 unspecified atom stereocenters. The van der Waals surface area contributed by atoms with Crippen LogP contribution in [0.2, 0.25) is 0 Å². The first-order valence-electron chi connectivity index (χ1n) is 13.5. The summed E-state index contributed by atoms with van der Waals surface area (Å²) in [5.41, 5.74) is 3.56. The number of fused-ring (bicyclic) bond motifs is 4. The number of benzene rings is 3. The van der Waals surface area contributed by atoms with Gasteiger partial charge in [0.05, 0.1) is 38.8 Å². The smallest absolute Gasteiger partial charge is 0.408 e. The third-order valence-corrected chi connectivity index (χ3v) is 8.56. The highest BCUT2D eigenvalue weighted by atomic mass is 79.9. The van der Waals surface area contributed by atoms with Crippen molar-refractivity contribution in [1.82, 2.24) is 5.32 Å². The number of rotatable bonds is 7. The number of nitrogens with zero attached hydrogens (tertiary/aromatic N) is 1. The molecule has 206 valence electrons. The summed E-state index contributed by atoms with van der Waals surface area (Å²) in [5.74, 6) is 0.555. The molecule has 4 heterocycles. The van der Waals surface area contributed by atoms with Crippen LogP contribution in [0.5, 0.6) is 5.75 Å². The van der Waals surface area contributed by atoms with E-state index in [9.17, 15) is 13.6 Å². The fourth-order valence-corrected chi connectivity index (χ4v) is 6.49. The number of hydrogen-bond donors (Lipinski definition) is 1. The lowest BCUT2D eigenvalue weighted by atomic mass is 9.81. The van der Waals surface area contributed by atoms with Gasteiger partial charge in [-0.05, 0) is 58.5 Å². The number of piperidine rings is 3. The Balaban J connectivity index is 0.00000308. The highest BCUT2D eigenvalue weighted by molar-refractivity contribution is 5.68. The second-order valence-corrected chi connectivity index (χ2v) is 11.0. The summed E-state index contributed by atoms with van der Waals surface area (Å²) in [6, 6.07) is 18.4. The molecule has 3 saturated heterocycles. The highest BCUT2D eigenvalue weighted by Crippen LogP contribution is 2.35. The Morgan fingerprint density at radius 3 is 2.36 bits per heavy atom. The molecule has 1 amide bonds. The monoisotopic (exact) mass is 598 g/mol. The molecule has 39 heavy (non-hydrogen) atoms. The molecule has 2 bridgehead atoms. The number of amides is 1. The average Bonchev–Trinajstić information content (AvgIpc) is 3.39. The first kappa shape index (κ1) is 27.6. The summed E-state index contributed by atoms with van der Waals surface area (Å²) < 4.78 is 40.5. The van der Waals surface area contributed by atoms with Gasteiger partial charge in [0.25, 0.3) is 0 Å². The van der Waals surface area contributed by atoms with Crippen molar-refractivity contribution < 1.29 is 44.5 Å². The molecule has 8 heteroatoms. The predicted octanol–water partition coefficient (Wildman–Crippen LogP) is 2.57. The zero-order valence-corrected chi connectivity index (χ0v) is 23.3. The molecule has 4 aliphatic heterocycles. The lowest BCUT2D eigenvalue weighted by Gasteiger charge is -2.52. The van der Waals surface area contributed by atoms with Gasteiger partial charge >= 0.3 is 6.09 Å². The van der Waals surface area contributed by atoms with Crippen LogP contribution >= 0.6 is 0 Å². The number of hydrogen-bond acceptors (Lipinski definition) is 3. The second-order valence-electron chi connectivity index (χ2n) is 11.0. The standard InChI is InChI=1S/C31H32F2N2O3.BrH/c32-26-5-1-3-24(18-26)30(25-4-2-6-27(33)19-25)38-31(36)34-28-20-35(14-10-22(28)11-15-35)13-9-21-7-8-29-23(17-21)12-16-37-29;/h1-8,17-19,22,28,30H,9-16,20H2;1H/t22?,28-,35?;/m0./s1. The largest absolute Gasteiger partial charge is 1.00 e. The third-order valence-electron chi connectivity index (χ3n) is 8.56. The fourth-order valence-electron chi connectivity index (χ4n) is 6.49. The van der Waals surface area contributed by atoms with Gasteiger partial charge in [-0.25, -0.2) is 13.6 Å². The number of halogens is 3. The van der Waals surface area contributed by atoms with E-state index in [2.05, 4.69) is 23.5 Å². The minimum absolute atomic E-state index is 0.